The van der Waals surface area contributed by atoms with Gasteiger partial charge < -0.3 is 0 Å². The zero-order valence-corrected chi connectivity index (χ0v) is 12.6. The van der Waals surface area contributed by atoms with Crippen molar-refractivity contribution in [3.8, 4) is 0 Å². The van der Waals surface area contributed by atoms with Gasteiger partial charge in [0.15, 0.2) is 0 Å². The molecule has 4 nitrogen and oxygen atoms in total. The third kappa shape index (κ3) is 6.39. The van der Waals surface area contributed by atoms with Crippen LogP contribution in [-0.4, -0.2) is 19.9 Å². The van der Waals surface area contributed by atoms with Crippen LogP contribution in [0.15, 0.2) is 37.2 Å². The number of hydrogen-bond acceptors (Lipinski definition) is 6. The molecule has 0 amide bonds. The lowest BCUT2D eigenvalue weighted by molar-refractivity contribution is 1.09. The summed E-state index contributed by atoms with van der Waals surface area (Å²) in [7, 11) is 3.53. The minimum atomic E-state index is 0. The molecule has 0 fully saturated rings. The van der Waals surface area contributed by atoms with E-state index in [4.69, 9.17) is 0 Å². The average Bonchev–Trinajstić information content (AvgIpc) is 2.37. The maximum atomic E-state index is 4.15. The molecule has 0 aromatic carbocycles. The van der Waals surface area contributed by atoms with Gasteiger partial charge >= 0.3 is 0 Å². The zero-order valence-electron chi connectivity index (χ0n) is 9.30. The maximum Gasteiger partial charge on any atom is 0.115 e. The quantitative estimate of drug-likeness (QED) is 0.622. The van der Waals surface area contributed by atoms with Crippen molar-refractivity contribution in [3.63, 3.8) is 0 Å². The standard InChI is InChI=1S/C10H10N4S2.2ClH/c1-3-11-7-13-9(1)5-15-16-6-10-2-4-12-8-14-10;;/h1-4,7-8H,5-6H2;2*1H. The van der Waals surface area contributed by atoms with E-state index in [-0.39, 0.29) is 24.8 Å². The Morgan fingerprint density at radius 2 is 1.22 bits per heavy atom. The van der Waals surface area contributed by atoms with E-state index in [0.29, 0.717) is 0 Å². The van der Waals surface area contributed by atoms with Crippen LogP contribution in [0.4, 0.5) is 0 Å². The van der Waals surface area contributed by atoms with Gasteiger partial charge in [0.2, 0.25) is 0 Å². The molecule has 0 aliphatic heterocycles. The molecule has 0 bridgehead atoms. The van der Waals surface area contributed by atoms with Crippen LogP contribution in [0.1, 0.15) is 11.4 Å². The molecule has 18 heavy (non-hydrogen) atoms. The minimum absolute atomic E-state index is 0. The van der Waals surface area contributed by atoms with E-state index in [1.807, 2.05) is 12.1 Å². The fourth-order valence-corrected chi connectivity index (χ4v) is 2.99. The van der Waals surface area contributed by atoms with Crippen LogP contribution in [-0.2, 0) is 11.5 Å². The highest BCUT2D eigenvalue weighted by Crippen LogP contribution is 2.27. The van der Waals surface area contributed by atoms with Crippen LogP contribution in [0.3, 0.4) is 0 Å². The van der Waals surface area contributed by atoms with E-state index in [9.17, 15) is 0 Å². The topological polar surface area (TPSA) is 51.6 Å². The van der Waals surface area contributed by atoms with Crippen LogP contribution in [0.25, 0.3) is 0 Å². The van der Waals surface area contributed by atoms with Gasteiger partial charge in [-0.2, -0.15) is 0 Å². The number of halogens is 2. The Morgan fingerprint density at radius 3 is 1.56 bits per heavy atom. The van der Waals surface area contributed by atoms with E-state index in [1.54, 1.807) is 46.6 Å². The normalized spacial score (nSPS) is 9.11. The van der Waals surface area contributed by atoms with Gasteiger partial charge in [-0.05, 0) is 12.1 Å². The molecule has 98 valence electrons. The van der Waals surface area contributed by atoms with Crippen molar-refractivity contribution in [3.05, 3.63) is 48.6 Å². The monoisotopic (exact) mass is 322 g/mol. The highest BCUT2D eigenvalue weighted by molar-refractivity contribution is 8.76. The molecule has 0 aliphatic rings. The Kier molecular flexibility index (Phi) is 10.0. The van der Waals surface area contributed by atoms with Crippen LogP contribution >= 0.6 is 46.4 Å². The Bertz CT molecular complexity index is 377. The molecule has 0 radical (unpaired) electrons. The predicted molar refractivity (Wildman–Crippen MR) is 81.2 cm³/mol. The van der Waals surface area contributed by atoms with Crippen LogP contribution < -0.4 is 0 Å². The molecule has 2 rings (SSSR count). The first-order valence-electron chi connectivity index (χ1n) is 4.69. The second kappa shape index (κ2) is 10.4. The van der Waals surface area contributed by atoms with E-state index in [2.05, 4.69) is 19.9 Å². The Balaban J connectivity index is 0.00000144. The molecule has 2 aromatic heterocycles. The van der Waals surface area contributed by atoms with Gasteiger partial charge in [-0.3, -0.25) is 0 Å². The second-order valence-electron chi connectivity index (χ2n) is 2.93. The molecule has 0 aliphatic carbocycles. The van der Waals surface area contributed by atoms with Gasteiger partial charge in [-0.1, -0.05) is 21.6 Å². The summed E-state index contributed by atoms with van der Waals surface area (Å²) in [5.41, 5.74) is 2.10. The summed E-state index contributed by atoms with van der Waals surface area (Å²) in [4.78, 5) is 16.1. The molecule has 0 spiro atoms. The molecule has 0 N–H and O–H groups in total. The molecular weight excluding hydrogens is 311 g/mol. The lowest BCUT2D eigenvalue weighted by Crippen LogP contribution is -1.87. The van der Waals surface area contributed by atoms with Crippen molar-refractivity contribution < 1.29 is 0 Å². The molecule has 0 saturated carbocycles. The number of nitrogens with zero attached hydrogens (tertiary/aromatic N) is 4. The highest BCUT2D eigenvalue weighted by Gasteiger charge is 1.97. The Morgan fingerprint density at radius 1 is 0.778 bits per heavy atom. The first-order chi connectivity index (χ1) is 7.95. The minimum Gasteiger partial charge on any atom is -0.245 e. The van der Waals surface area contributed by atoms with Crippen molar-refractivity contribution >= 4 is 46.4 Å². The summed E-state index contributed by atoms with van der Waals surface area (Å²) in [6.07, 6.45) is 6.67. The van der Waals surface area contributed by atoms with Crippen molar-refractivity contribution in [1.29, 1.82) is 0 Å². The van der Waals surface area contributed by atoms with E-state index >= 15 is 0 Å². The third-order valence-corrected chi connectivity index (χ3v) is 3.98. The molecule has 8 heteroatoms. The molecule has 0 saturated heterocycles. The first-order valence-corrected chi connectivity index (χ1v) is 7.18. The Labute approximate surface area is 126 Å². The fraction of sp³-hybridized carbons (Fsp3) is 0.200. The van der Waals surface area contributed by atoms with Gasteiger partial charge in [-0.15, -0.1) is 24.8 Å². The summed E-state index contributed by atoms with van der Waals surface area (Å²) in [6.45, 7) is 0. The maximum absolute atomic E-state index is 4.15. The summed E-state index contributed by atoms with van der Waals surface area (Å²) in [5.74, 6) is 1.77. The van der Waals surface area contributed by atoms with Gasteiger partial charge in [0.1, 0.15) is 12.7 Å². The molecular formula is C10H12Cl2N4S2. The lowest BCUT2D eigenvalue weighted by atomic mass is 10.5. The first kappa shape index (κ1) is 17.4. The number of rotatable bonds is 5. The van der Waals surface area contributed by atoms with Gasteiger partial charge in [0, 0.05) is 23.9 Å². The second-order valence-corrected chi connectivity index (χ2v) is 5.39. The molecule has 2 aromatic rings. The van der Waals surface area contributed by atoms with E-state index < -0.39 is 0 Å². The molecule has 2 heterocycles. The number of hydrogen-bond donors (Lipinski definition) is 0. The van der Waals surface area contributed by atoms with Crippen molar-refractivity contribution in [2.75, 3.05) is 0 Å². The van der Waals surface area contributed by atoms with Crippen LogP contribution in [0.2, 0.25) is 0 Å². The van der Waals surface area contributed by atoms with Gasteiger partial charge in [0.25, 0.3) is 0 Å². The smallest absolute Gasteiger partial charge is 0.115 e. The van der Waals surface area contributed by atoms with E-state index in [1.165, 1.54) is 0 Å². The summed E-state index contributed by atoms with van der Waals surface area (Å²) in [5, 5.41) is 0. The van der Waals surface area contributed by atoms with Crippen LogP contribution in [0.5, 0.6) is 0 Å². The largest absolute Gasteiger partial charge is 0.245 e. The van der Waals surface area contributed by atoms with Crippen molar-refractivity contribution in [1.82, 2.24) is 19.9 Å². The average molecular weight is 323 g/mol. The number of aromatic nitrogens is 4. The van der Waals surface area contributed by atoms with Gasteiger partial charge in [0.05, 0.1) is 11.4 Å². The third-order valence-electron chi connectivity index (χ3n) is 1.78. The van der Waals surface area contributed by atoms with Gasteiger partial charge in [-0.25, -0.2) is 19.9 Å². The molecule has 0 unspecified atom stereocenters. The zero-order chi connectivity index (χ0) is 11.1. The highest BCUT2D eigenvalue weighted by atomic mass is 35.5. The lowest BCUT2D eigenvalue weighted by Gasteiger charge is -1.99. The summed E-state index contributed by atoms with van der Waals surface area (Å²) in [6, 6.07) is 3.86. The van der Waals surface area contributed by atoms with Crippen molar-refractivity contribution in [2.45, 2.75) is 11.5 Å². The summed E-state index contributed by atoms with van der Waals surface area (Å²) >= 11 is 0. The predicted octanol–water partition coefficient (Wildman–Crippen LogP) is 3.19. The Hall–Kier alpha value is -0.560. The summed E-state index contributed by atoms with van der Waals surface area (Å²) < 4.78 is 0. The molecule has 0 atom stereocenters. The van der Waals surface area contributed by atoms with Crippen LogP contribution in [0, 0.1) is 0 Å². The van der Waals surface area contributed by atoms with Crippen molar-refractivity contribution in [2.24, 2.45) is 0 Å². The SMILES string of the molecule is Cl.Cl.c1cc(CSSCc2ccncn2)ncn1. The fourth-order valence-electron chi connectivity index (χ4n) is 1.01. The van der Waals surface area contributed by atoms with E-state index in [0.717, 1.165) is 22.9 Å².